The summed E-state index contributed by atoms with van der Waals surface area (Å²) >= 11 is 0. The van der Waals surface area contributed by atoms with Gasteiger partial charge in [0.15, 0.2) is 0 Å². The van der Waals surface area contributed by atoms with Crippen LogP contribution < -0.4 is 0 Å². The summed E-state index contributed by atoms with van der Waals surface area (Å²) in [4.78, 5) is 14.5. The predicted molar refractivity (Wildman–Crippen MR) is 81.5 cm³/mol. The lowest BCUT2D eigenvalue weighted by Crippen LogP contribution is -2.47. The van der Waals surface area contributed by atoms with Crippen LogP contribution in [0.3, 0.4) is 0 Å². The Bertz CT molecular complexity index is 577. The SMILES string of the molecule is Cc1cccc(C)c1C1=C(O)C(C)(C)N(C(C)C)C1=O. The Morgan fingerprint density at radius 2 is 1.65 bits per heavy atom. The number of aryl methyl sites for hydroxylation is 2. The number of benzene rings is 1. The first-order valence-corrected chi connectivity index (χ1v) is 7.03. The van der Waals surface area contributed by atoms with Crippen LogP contribution in [0.1, 0.15) is 44.4 Å². The summed E-state index contributed by atoms with van der Waals surface area (Å²) in [5.41, 5.74) is 2.70. The minimum Gasteiger partial charge on any atom is -0.509 e. The van der Waals surface area contributed by atoms with Gasteiger partial charge in [-0.05, 0) is 58.2 Å². The van der Waals surface area contributed by atoms with Crippen molar-refractivity contribution in [3.05, 3.63) is 40.6 Å². The van der Waals surface area contributed by atoms with E-state index in [0.29, 0.717) is 5.57 Å². The van der Waals surface area contributed by atoms with Gasteiger partial charge in [0.05, 0.1) is 11.1 Å². The Morgan fingerprint density at radius 3 is 2.05 bits per heavy atom. The molecule has 1 aliphatic rings. The van der Waals surface area contributed by atoms with E-state index >= 15 is 0 Å². The molecule has 0 atom stereocenters. The van der Waals surface area contributed by atoms with Gasteiger partial charge in [-0.25, -0.2) is 0 Å². The summed E-state index contributed by atoms with van der Waals surface area (Å²) < 4.78 is 0. The number of amides is 1. The average molecular weight is 273 g/mol. The summed E-state index contributed by atoms with van der Waals surface area (Å²) in [6.45, 7) is 11.7. The number of hydrogen-bond donors (Lipinski definition) is 1. The molecule has 0 saturated heterocycles. The Kier molecular flexibility index (Phi) is 3.41. The van der Waals surface area contributed by atoms with Crippen molar-refractivity contribution in [1.82, 2.24) is 4.90 Å². The lowest BCUT2D eigenvalue weighted by molar-refractivity contribution is -0.129. The van der Waals surface area contributed by atoms with E-state index in [1.54, 1.807) is 4.90 Å². The summed E-state index contributed by atoms with van der Waals surface area (Å²) in [5, 5.41) is 10.6. The molecule has 1 N–H and O–H groups in total. The second-order valence-electron chi connectivity index (χ2n) is 6.32. The standard InChI is InChI=1S/C17H23NO2/c1-10(2)18-16(20)14(15(19)17(18,5)6)13-11(3)8-7-9-12(13)4/h7-10,19H,1-6H3. The van der Waals surface area contributed by atoms with Crippen LogP contribution in [-0.4, -0.2) is 27.5 Å². The minimum absolute atomic E-state index is 0.0430. The molecule has 1 aliphatic heterocycles. The highest BCUT2D eigenvalue weighted by Crippen LogP contribution is 2.41. The highest BCUT2D eigenvalue weighted by molar-refractivity contribution is 6.23. The summed E-state index contributed by atoms with van der Waals surface area (Å²) in [6.07, 6.45) is 0. The number of carbonyl (C=O) groups is 1. The Balaban J connectivity index is 2.69. The molecule has 1 aromatic carbocycles. The fourth-order valence-electron chi connectivity index (χ4n) is 3.21. The van der Waals surface area contributed by atoms with Crippen LogP contribution in [0.25, 0.3) is 5.57 Å². The van der Waals surface area contributed by atoms with Gasteiger partial charge in [-0.15, -0.1) is 0 Å². The van der Waals surface area contributed by atoms with Crippen LogP contribution in [-0.2, 0) is 4.79 Å². The second-order valence-corrected chi connectivity index (χ2v) is 6.32. The lowest BCUT2D eigenvalue weighted by Gasteiger charge is -2.35. The number of carbonyl (C=O) groups excluding carboxylic acids is 1. The Hall–Kier alpha value is -1.77. The normalized spacial score (nSPS) is 18.4. The molecule has 0 spiro atoms. The van der Waals surface area contributed by atoms with E-state index in [9.17, 15) is 9.90 Å². The monoisotopic (exact) mass is 273 g/mol. The molecule has 0 bridgehead atoms. The van der Waals surface area contributed by atoms with Gasteiger partial charge in [0.2, 0.25) is 0 Å². The summed E-state index contributed by atoms with van der Waals surface area (Å²) in [6, 6.07) is 5.96. The van der Waals surface area contributed by atoms with E-state index in [2.05, 4.69) is 0 Å². The number of aliphatic hydroxyl groups excluding tert-OH is 1. The third kappa shape index (κ3) is 1.92. The van der Waals surface area contributed by atoms with Crippen LogP contribution in [0.5, 0.6) is 0 Å². The van der Waals surface area contributed by atoms with E-state index in [1.165, 1.54) is 0 Å². The lowest BCUT2D eigenvalue weighted by atomic mass is 9.93. The van der Waals surface area contributed by atoms with E-state index in [1.807, 2.05) is 59.7 Å². The number of aliphatic hydroxyl groups is 1. The molecule has 3 heteroatoms. The van der Waals surface area contributed by atoms with Gasteiger partial charge in [0.25, 0.3) is 5.91 Å². The summed E-state index contributed by atoms with van der Waals surface area (Å²) in [7, 11) is 0. The van der Waals surface area contributed by atoms with Crippen LogP contribution in [0.2, 0.25) is 0 Å². The molecule has 1 heterocycles. The molecule has 1 amide bonds. The molecule has 0 unspecified atom stereocenters. The Morgan fingerprint density at radius 1 is 1.15 bits per heavy atom. The van der Waals surface area contributed by atoms with Crippen LogP contribution in [0, 0.1) is 13.8 Å². The van der Waals surface area contributed by atoms with E-state index < -0.39 is 5.54 Å². The van der Waals surface area contributed by atoms with Gasteiger partial charge in [0.1, 0.15) is 5.76 Å². The third-order valence-corrected chi connectivity index (χ3v) is 4.10. The maximum Gasteiger partial charge on any atom is 0.259 e. The van der Waals surface area contributed by atoms with Crippen molar-refractivity contribution in [2.45, 2.75) is 53.1 Å². The number of rotatable bonds is 2. The van der Waals surface area contributed by atoms with Gasteiger partial charge in [-0.3, -0.25) is 4.79 Å². The molecule has 0 aliphatic carbocycles. The molecule has 0 fully saturated rings. The molecule has 0 saturated carbocycles. The zero-order valence-corrected chi connectivity index (χ0v) is 13.1. The van der Waals surface area contributed by atoms with Crippen LogP contribution >= 0.6 is 0 Å². The topological polar surface area (TPSA) is 40.5 Å². The largest absolute Gasteiger partial charge is 0.509 e. The van der Waals surface area contributed by atoms with E-state index in [-0.39, 0.29) is 17.7 Å². The number of hydrogen-bond acceptors (Lipinski definition) is 2. The molecule has 0 aromatic heterocycles. The maximum atomic E-state index is 12.8. The van der Waals surface area contributed by atoms with Gasteiger partial charge in [0, 0.05) is 6.04 Å². The fourth-order valence-corrected chi connectivity index (χ4v) is 3.21. The van der Waals surface area contributed by atoms with Crippen LogP contribution in [0.15, 0.2) is 24.0 Å². The molecule has 3 nitrogen and oxygen atoms in total. The first-order valence-electron chi connectivity index (χ1n) is 7.03. The molecule has 108 valence electrons. The highest BCUT2D eigenvalue weighted by Gasteiger charge is 2.47. The van der Waals surface area contributed by atoms with Crippen molar-refractivity contribution < 1.29 is 9.90 Å². The molecular weight excluding hydrogens is 250 g/mol. The van der Waals surface area contributed by atoms with Crippen molar-refractivity contribution in [3.8, 4) is 0 Å². The average Bonchev–Trinajstić information content (AvgIpc) is 2.48. The minimum atomic E-state index is -0.657. The molecule has 0 radical (unpaired) electrons. The van der Waals surface area contributed by atoms with E-state index in [0.717, 1.165) is 16.7 Å². The zero-order chi connectivity index (χ0) is 15.2. The van der Waals surface area contributed by atoms with Crippen molar-refractivity contribution in [3.63, 3.8) is 0 Å². The third-order valence-electron chi connectivity index (χ3n) is 4.10. The van der Waals surface area contributed by atoms with Gasteiger partial charge >= 0.3 is 0 Å². The quantitative estimate of drug-likeness (QED) is 0.894. The van der Waals surface area contributed by atoms with Crippen molar-refractivity contribution in [2.75, 3.05) is 0 Å². The maximum absolute atomic E-state index is 12.8. The van der Waals surface area contributed by atoms with Gasteiger partial charge < -0.3 is 10.0 Å². The Labute approximate surface area is 120 Å². The van der Waals surface area contributed by atoms with Gasteiger partial charge in [-0.2, -0.15) is 0 Å². The van der Waals surface area contributed by atoms with E-state index in [4.69, 9.17) is 0 Å². The molecule has 2 rings (SSSR count). The number of nitrogens with zero attached hydrogens (tertiary/aromatic N) is 1. The molecule has 1 aromatic rings. The second kappa shape index (κ2) is 4.65. The highest BCUT2D eigenvalue weighted by atomic mass is 16.3. The first kappa shape index (κ1) is 14.6. The van der Waals surface area contributed by atoms with Gasteiger partial charge in [-0.1, -0.05) is 18.2 Å². The van der Waals surface area contributed by atoms with Crippen molar-refractivity contribution >= 4 is 11.5 Å². The molecular formula is C17H23NO2. The molecule has 20 heavy (non-hydrogen) atoms. The smallest absolute Gasteiger partial charge is 0.259 e. The summed E-state index contributed by atoms with van der Waals surface area (Å²) in [5.74, 6) is 0.0912. The predicted octanol–water partition coefficient (Wildman–Crippen LogP) is 3.60. The zero-order valence-electron chi connectivity index (χ0n) is 13.1. The van der Waals surface area contributed by atoms with Crippen molar-refractivity contribution in [2.24, 2.45) is 0 Å². The fraction of sp³-hybridized carbons (Fsp3) is 0.471. The van der Waals surface area contributed by atoms with Crippen LogP contribution in [0.4, 0.5) is 0 Å². The van der Waals surface area contributed by atoms with Crippen molar-refractivity contribution in [1.29, 1.82) is 0 Å². The first-order chi connectivity index (χ1) is 9.19.